The fraction of sp³-hybridized carbons (Fsp3) is 0.158. The van der Waals surface area contributed by atoms with Gasteiger partial charge in [0.15, 0.2) is 0 Å². The van der Waals surface area contributed by atoms with Gasteiger partial charge in [0.1, 0.15) is 0 Å². The Labute approximate surface area is 152 Å². The van der Waals surface area contributed by atoms with E-state index in [-0.39, 0.29) is 10.5 Å². The Bertz CT molecular complexity index is 1070. The molecule has 0 atom stereocenters. The second-order valence-electron chi connectivity index (χ2n) is 5.94. The van der Waals surface area contributed by atoms with Crippen LogP contribution in [0.4, 0.5) is 5.69 Å². The maximum atomic E-state index is 12.8. The summed E-state index contributed by atoms with van der Waals surface area (Å²) < 4.78 is 28.3. The van der Waals surface area contributed by atoms with Crippen molar-refractivity contribution >= 4 is 15.7 Å². The largest absolute Gasteiger partial charge is 0.280 e. The molecule has 0 radical (unpaired) electrons. The number of anilines is 1. The van der Waals surface area contributed by atoms with Crippen LogP contribution in [0, 0.1) is 6.92 Å². The van der Waals surface area contributed by atoms with Gasteiger partial charge >= 0.3 is 0 Å². The highest BCUT2D eigenvalue weighted by atomic mass is 32.2. The smallest absolute Gasteiger partial charge is 0.264 e. The normalized spacial score (nSPS) is 11.3. The van der Waals surface area contributed by atoms with Crippen LogP contribution in [-0.4, -0.2) is 18.6 Å². The molecule has 2 aromatic carbocycles. The average Bonchev–Trinajstić information content (AvgIpc) is 2.63. The third kappa shape index (κ3) is 3.83. The zero-order valence-corrected chi connectivity index (χ0v) is 15.3. The molecule has 7 heteroatoms. The van der Waals surface area contributed by atoms with Crippen molar-refractivity contribution in [1.29, 1.82) is 0 Å². The first-order chi connectivity index (χ1) is 12.4. The van der Waals surface area contributed by atoms with E-state index in [2.05, 4.69) is 14.9 Å². The van der Waals surface area contributed by atoms with E-state index in [9.17, 15) is 13.2 Å². The van der Waals surface area contributed by atoms with Gasteiger partial charge in [0.25, 0.3) is 15.6 Å². The second kappa shape index (κ2) is 7.13. The van der Waals surface area contributed by atoms with Gasteiger partial charge in [-0.15, -0.1) is 0 Å². The molecule has 0 aliphatic carbocycles. The number of benzene rings is 2. The van der Waals surface area contributed by atoms with Gasteiger partial charge in [-0.1, -0.05) is 31.2 Å². The zero-order valence-electron chi connectivity index (χ0n) is 14.5. The molecule has 0 saturated carbocycles. The van der Waals surface area contributed by atoms with E-state index in [0.29, 0.717) is 22.5 Å². The van der Waals surface area contributed by atoms with Crippen molar-refractivity contribution in [3.63, 3.8) is 0 Å². The lowest BCUT2D eigenvalue weighted by Gasteiger charge is -2.12. The molecule has 3 aromatic rings. The van der Waals surface area contributed by atoms with Crippen molar-refractivity contribution in [2.24, 2.45) is 0 Å². The van der Waals surface area contributed by atoms with Crippen LogP contribution >= 0.6 is 0 Å². The fourth-order valence-electron chi connectivity index (χ4n) is 2.57. The quantitative estimate of drug-likeness (QED) is 0.723. The monoisotopic (exact) mass is 369 g/mol. The predicted octanol–water partition coefficient (Wildman–Crippen LogP) is 3.11. The van der Waals surface area contributed by atoms with Crippen LogP contribution in [-0.2, 0) is 16.4 Å². The van der Waals surface area contributed by atoms with Gasteiger partial charge in [-0.2, -0.15) is 5.10 Å². The first kappa shape index (κ1) is 17.9. The topological polar surface area (TPSA) is 91.9 Å². The summed E-state index contributed by atoms with van der Waals surface area (Å²) in [6, 6.07) is 15.2. The van der Waals surface area contributed by atoms with Gasteiger partial charge in [0, 0.05) is 17.3 Å². The Morgan fingerprint density at radius 1 is 1.04 bits per heavy atom. The van der Waals surface area contributed by atoms with E-state index in [4.69, 9.17) is 0 Å². The van der Waals surface area contributed by atoms with Crippen molar-refractivity contribution in [1.82, 2.24) is 10.2 Å². The summed E-state index contributed by atoms with van der Waals surface area (Å²) in [4.78, 5) is 11.3. The third-order valence-corrected chi connectivity index (χ3v) is 5.59. The molecular weight excluding hydrogens is 350 g/mol. The van der Waals surface area contributed by atoms with Crippen molar-refractivity contribution in [3.05, 3.63) is 76.1 Å². The standard InChI is InChI=1S/C19H19N3O3S/c1-3-14-5-8-16(9-6-14)22-26(24,25)18-12-15(7-4-13(18)2)17-10-11-19(23)21-20-17/h4-12,22H,3H2,1-2H3,(H,21,23). The highest BCUT2D eigenvalue weighted by Gasteiger charge is 2.18. The number of nitrogens with one attached hydrogen (secondary N) is 2. The Morgan fingerprint density at radius 2 is 1.77 bits per heavy atom. The lowest BCUT2D eigenvalue weighted by molar-refractivity contribution is 0.600. The number of H-pyrrole nitrogens is 1. The highest BCUT2D eigenvalue weighted by molar-refractivity contribution is 7.92. The lowest BCUT2D eigenvalue weighted by atomic mass is 10.1. The molecule has 0 saturated heterocycles. The van der Waals surface area contributed by atoms with Crippen molar-refractivity contribution in [2.75, 3.05) is 4.72 Å². The van der Waals surface area contributed by atoms with E-state index >= 15 is 0 Å². The second-order valence-corrected chi connectivity index (χ2v) is 7.59. The minimum atomic E-state index is -3.75. The summed E-state index contributed by atoms with van der Waals surface area (Å²) in [7, 11) is -3.75. The molecule has 0 aliphatic heterocycles. The number of hydrogen-bond donors (Lipinski definition) is 2. The molecule has 0 spiro atoms. The lowest BCUT2D eigenvalue weighted by Crippen LogP contribution is -2.14. The van der Waals surface area contributed by atoms with Crippen molar-refractivity contribution in [2.45, 2.75) is 25.2 Å². The molecule has 0 unspecified atom stereocenters. The van der Waals surface area contributed by atoms with Crippen LogP contribution in [0.5, 0.6) is 0 Å². The SMILES string of the molecule is CCc1ccc(NS(=O)(=O)c2cc(-c3ccc(=O)[nH]n3)ccc2C)cc1. The van der Waals surface area contributed by atoms with Crippen LogP contribution in [0.3, 0.4) is 0 Å². The summed E-state index contributed by atoms with van der Waals surface area (Å²) in [5.41, 5.74) is 3.05. The van der Waals surface area contributed by atoms with E-state index < -0.39 is 10.0 Å². The van der Waals surface area contributed by atoms with E-state index in [0.717, 1.165) is 12.0 Å². The van der Waals surface area contributed by atoms with E-state index in [1.807, 2.05) is 19.1 Å². The zero-order chi connectivity index (χ0) is 18.7. The molecule has 2 N–H and O–H groups in total. The molecule has 0 bridgehead atoms. The fourth-order valence-corrected chi connectivity index (χ4v) is 3.90. The maximum absolute atomic E-state index is 12.8. The molecule has 3 rings (SSSR count). The maximum Gasteiger partial charge on any atom is 0.264 e. The van der Waals surface area contributed by atoms with Gasteiger partial charge in [0.2, 0.25) is 0 Å². The molecule has 0 amide bonds. The minimum Gasteiger partial charge on any atom is -0.280 e. The summed E-state index contributed by atoms with van der Waals surface area (Å²) in [5.74, 6) is 0. The van der Waals surface area contributed by atoms with Gasteiger partial charge in [0.05, 0.1) is 10.6 Å². The van der Waals surface area contributed by atoms with E-state index in [1.54, 1.807) is 43.3 Å². The number of nitrogens with zero attached hydrogens (tertiary/aromatic N) is 1. The Balaban J connectivity index is 1.96. The number of aromatic amines is 1. The summed E-state index contributed by atoms with van der Waals surface area (Å²) in [5, 5.41) is 6.30. The number of aryl methyl sites for hydroxylation is 2. The number of rotatable bonds is 5. The number of sulfonamides is 1. The summed E-state index contributed by atoms with van der Waals surface area (Å²) >= 11 is 0. The summed E-state index contributed by atoms with van der Waals surface area (Å²) in [6.45, 7) is 3.78. The van der Waals surface area contributed by atoms with Gasteiger partial charge in [-0.25, -0.2) is 13.5 Å². The van der Waals surface area contributed by atoms with Crippen molar-refractivity contribution < 1.29 is 8.42 Å². The minimum absolute atomic E-state index is 0.169. The van der Waals surface area contributed by atoms with Crippen LogP contribution in [0.1, 0.15) is 18.1 Å². The number of hydrogen-bond acceptors (Lipinski definition) is 4. The Kier molecular flexibility index (Phi) is 4.90. The van der Waals surface area contributed by atoms with Crippen LogP contribution in [0.2, 0.25) is 0 Å². The third-order valence-electron chi connectivity index (χ3n) is 4.07. The molecule has 0 aliphatic rings. The van der Waals surface area contributed by atoms with Crippen LogP contribution in [0.25, 0.3) is 11.3 Å². The first-order valence-electron chi connectivity index (χ1n) is 8.17. The van der Waals surface area contributed by atoms with Crippen LogP contribution in [0.15, 0.2) is 64.3 Å². The van der Waals surface area contributed by atoms with Crippen LogP contribution < -0.4 is 10.3 Å². The average molecular weight is 369 g/mol. The summed E-state index contributed by atoms with van der Waals surface area (Å²) in [6.07, 6.45) is 0.889. The Hall–Kier alpha value is -2.93. The number of aromatic nitrogens is 2. The molecular formula is C19H19N3O3S. The predicted molar refractivity (Wildman–Crippen MR) is 102 cm³/mol. The molecule has 1 aromatic heterocycles. The highest BCUT2D eigenvalue weighted by Crippen LogP contribution is 2.25. The first-order valence-corrected chi connectivity index (χ1v) is 9.66. The van der Waals surface area contributed by atoms with Gasteiger partial charge in [-0.05, 0) is 48.7 Å². The molecule has 26 heavy (non-hydrogen) atoms. The van der Waals surface area contributed by atoms with Gasteiger partial charge in [-0.3, -0.25) is 9.52 Å². The van der Waals surface area contributed by atoms with Crippen molar-refractivity contribution in [3.8, 4) is 11.3 Å². The Morgan fingerprint density at radius 3 is 2.38 bits per heavy atom. The van der Waals surface area contributed by atoms with Gasteiger partial charge < -0.3 is 0 Å². The van der Waals surface area contributed by atoms with E-state index in [1.165, 1.54) is 6.07 Å². The molecule has 134 valence electrons. The molecule has 1 heterocycles. The molecule has 0 fully saturated rings. The molecule has 6 nitrogen and oxygen atoms in total.